The summed E-state index contributed by atoms with van der Waals surface area (Å²) in [5, 5.41) is 0. The molecule has 2 aliphatic heterocycles. The quantitative estimate of drug-likeness (QED) is 0.359. The van der Waals surface area contributed by atoms with Gasteiger partial charge in [0.25, 0.3) is 23.3 Å². The number of hydrogen-bond acceptors (Lipinski definition) is 6. The van der Waals surface area contributed by atoms with Crippen LogP contribution in [0, 0.1) is 0 Å². The first kappa shape index (κ1) is 28.4. The molecule has 0 radical (unpaired) electrons. The molecule has 2 fully saturated rings. The Morgan fingerprint density at radius 3 is 2.50 bits per heavy atom. The highest BCUT2D eigenvalue weighted by molar-refractivity contribution is 6.16. The van der Waals surface area contributed by atoms with Gasteiger partial charge < -0.3 is 28.9 Å². The molecular formula is C29H43N3O6. The summed E-state index contributed by atoms with van der Waals surface area (Å²) in [4.78, 5) is 46.5. The van der Waals surface area contributed by atoms with E-state index in [1.54, 1.807) is 42.0 Å². The molecule has 9 heteroatoms. The zero-order valence-corrected chi connectivity index (χ0v) is 23.4. The summed E-state index contributed by atoms with van der Waals surface area (Å²) in [7, 11) is 1.65. The zero-order chi connectivity index (χ0) is 27.3. The monoisotopic (exact) mass is 529 g/mol. The lowest BCUT2D eigenvalue weighted by molar-refractivity contribution is -0.158. The van der Waals surface area contributed by atoms with E-state index >= 15 is 0 Å². The predicted octanol–water partition coefficient (Wildman–Crippen LogP) is 3.64. The van der Waals surface area contributed by atoms with Crippen LogP contribution in [0.1, 0.15) is 76.1 Å². The average molecular weight is 530 g/mol. The molecule has 0 spiro atoms. The van der Waals surface area contributed by atoms with Gasteiger partial charge in [0.15, 0.2) is 0 Å². The highest BCUT2D eigenvalue weighted by Crippen LogP contribution is 2.40. The number of nitrogens with zero attached hydrogens (tertiary/aromatic N) is 3. The molecule has 1 aromatic carbocycles. The molecule has 3 amide bonds. The Hall–Kier alpha value is -2.65. The van der Waals surface area contributed by atoms with Crippen molar-refractivity contribution in [2.24, 2.45) is 0 Å². The standard InChI is InChI=1S/C29H43N3O6/c1-21(2)32(23-10-6-5-7-11-23)26(33)22-12-13-25-24(20-22)31(14-8-9-17-36-4)28(35)29(3,38-25)27(34)30-15-18-37-19-16-30/h12-13,20-21,23H,5-11,14-19H2,1-4H3. The molecule has 38 heavy (non-hydrogen) atoms. The molecule has 4 rings (SSSR count). The van der Waals surface area contributed by atoms with E-state index in [1.807, 2.05) is 4.90 Å². The molecule has 3 aliphatic rings. The molecule has 1 aliphatic carbocycles. The van der Waals surface area contributed by atoms with Crippen molar-refractivity contribution in [1.29, 1.82) is 0 Å². The van der Waals surface area contributed by atoms with Gasteiger partial charge >= 0.3 is 0 Å². The van der Waals surface area contributed by atoms with Crippen LogP contribution in [-0.2, 0) is 19.1 Å². The molecule has 0 bridgehead atoms. The fourth-order valence-electron chi connectivity index (χ4n) is 5.85. The van der Waals surface area contributed by atoms with E-state index < -0.39 is 11.5 Å². The maximum absolute atomic E-state index is 13.9. The van der Waals surface area contributed by atoms with Gasteiger partial charge in [-0.1, -0.05) is 19.3 Å². The molecule has 1 atom stereocenters. The van der Waals surface area contributed by atoms with Crippen molar-refractivity contribution in [3.63, 3.8) is 0 Å². The van der Waals surface area contributed by atoms with Crippen LogP contribution in [0.2, 0.25) is 0 Å². The van der Waals surface area contributed by atoms with Crippen molar-refractivity contribution < 1.29 is 28.6 Å². The molecule has 1 saturated heterocycles. The second-order valence-electron chi connectivity index (χ2n) is 11.0. The van der Waals surface area contributed by atoms with Gasteiger partial charge in [-0.15, -0.1) is 0 Å². The lowest BCUT2D eigenvalue weighted by Gasteiger charge is -2.42. The lowest BCUT2D eigenvalue weighted by atomic mass is 9.92. The molecule has 1 aromatic rings. The van der Waals surface area contributed by atoms with Gasteiger partial charge in [0.1, 0.15) is 5.75 Å². The van der Waals surface area contributed by atoms with Crippen LogP contribution in [0.4, 0.5) is 5.69 Å². The molecule has 9 nitrogen and oxygen atoms in total. The van der Waals surface area contributed by atoms with E-state index in [9.17, 15) is 14.4 Å². The van der Waals surface area contributed by atoms with Crippen molar-refractivity contribution >= 4 is 23.4 Å². The molecule has 0 N–H and O–H groups in total. The zero-order valence-electron chi connectivity index (χ0n) is 23.4. The van der Waals surface area contributed by atoms with Gasteiger partial charge in [-0.25, -0.2) is 0 Å². The molecule has 210 valence electrons. The number of anilines is 1. The normalized spacial score (nSPS) is 22.3. The number of unbranched alkanes of at least 4 members (excludes halogenated alkanes) is 1. The van der Waals surface area contributed by atoms with Gasteiger partial charge in [0, 0.05) is 51.0 Å². The number of fused-ring (bicyclic) bond motifs is 1. The summed E-state index contributed by atoms with van der Waals surface area (Å²) < 4.78 is 16.8. The van der Waals surface area contributed by atoms with Crippen molar-refractivity contribution in [2.75, 3.05) is 51.5 Å². The largest absolute Gasteiger partial charge is 0.465 e. The van der Waals surface area contributed by atoms with Gasteiger partial charge in [0.05, 0.1) is 18.9 Å². The first-order valence-electron chi connectivity index (χ1n) is 14.1. The topological polar surface area (TPSA) is 88.6 Å². The van der Waals surface area contributed by atoms with Gasteiger partial charge in [0.2, 0.25) is 0 Å². The van der Waals surface area contributed by atoms with Crippen molar-refractivity contribution in [3.8, 4) is 5.75 Å². The predicted molar refractivity (Wildman–Crippen MR) is 145 cm³/mol. The Bertz CT molecular complexity index is 1000. The van der Waals surface area contributed by atoms with Gasteiger partial charge in [-0.2, -0.15) is 0 Å². The number of rotatable bonds is 9. The summed E-state index contributed by atoms with van der Waals surface area (Å²) in [6, 6.07) is 5.56. The molecular weight excluding hydrogens is 486 g/mol. The maximum atomic E-state index is 13.9. The van der Waals surface area contributed by atoms with E-state index in [0.29, 0.717) is 62.9 Å². The second-order valence-corrected chi connectivity index (χ2v) is 11.0. The van der Waals surface area contributed by atoms with Crippen LogP contribution in [0.25, 0.3) is 0 Å². The summed E-state index contributed by atoms with van der Waals surface area (Å²) in [6.45, 7) is 8.37. The SMILES string of the molecule is COCCCCN1C(=O)C(C)(C(=O)N2CCOCC2)Oc2ccc(C(=O)N(C(C)C)C3CCCCC3)cc21. The van der Waals surface area contributed by atoms with Crippen LogP contribution in [0.15, 0.2) is 18.2 Å². The number of carbonyl (C=O) groups excluding carboxylic acids is 3. The van der Waals surface area contributed by atoms with Crippen LogP contribution < -0.4 is 9.64 Å². The summed E-state index contributed by atoms with van der Waals surface area (Å²) in [5.74, 6) is -0.358. The third kappa shape index (κ3) is 5.83. The number of amides is 3. The summed E-state index contributed by atoms with van der Waals surface area (Å²) in [5.41, 5.74) is -0.606. The van der Waals surface area contributed by atoms with Crippen molar-refractivity contribution in [3.05, 3.63) is 23.8 Å². The Balaban J connectivity index is 1.65. The van der Waals surface area contributed by atoms with E-state index in [2.05, 4.69) is 13.8 Å². The van der Waals surface area contributed by atoms with E-state index in [4.69, 9.17) is 14.2 Å². The number of hydrogen-bond donors (Lipinski definition) is 0. The van der Waals surface area contributed by atoms with Crippen LogP contribution in [-0.4, -0.2) is 91.8 Å². The smallest absolute Gasteiger partial charge is 0.280 e. The van der Waals surface area contributed by atoms with Crippen molar-refractivity contribution in [1.82, 2.24) is 9.80 Å². The molecule has 1 saturated carbocycles. The van der Waals surface area contributed by atoms with Gasteiger partial charge in [-0.3, -0.25) is 14.4 Å². The van der Waals surface area contributed by atoms with Crippen LogP contribution in [0.3, 0.4) is 0 Å². The van der Waals surface area contributed by atoms with Gasteiger partial charge in [-0.05, 0) is 64.7 Å². The molecule has 0 aromatic heterocycles. The number of morpholine rings is 1. The summed E-state index contributed by atoms with van der Waals surface area (Å²) >= 11 is 0. The van der Waals surface area contributed by atoms with Crippen LogP contribution in [0.5, 0.6) is 5.75 Å². The Morgan fingerprint density at radius 2 is 1.84 bits per heavy atom. The number of carbonyl (C=O) groups is 3. The van der Waals surface area contributed by atoms with Crippen LogP contribution >= 0.6 is 0 Å². The highest BCUT2D eigenvalue weighted by Gasteiger charge is 2.52. The fourth-order valence-corrected chi connectivity index (χ4v) is 5.85. The number of methoxy groups -OCH3 is 1. The number of ether oxygens (including phenoxy) is 3. The maximum Gasteiger partial charge on any atom is 0.280 e. The van der Waals surface area contributed by atoms with E-state index in [1.165, 1.54) is 6.42 Å². The Kier molecular flexibility index (Phi) is 9.31. The minimum atomic E-state index is -1.68. The van der Waals surface area contributed by atoms with E-state index in [-0.39, 0.29) is 23.9 Å². The van der Waals surface area contributed by atoms with Crippen molar-refractivity contribution in [2.45, 2.75) is 83.4 Å². The highest BCUT2D eigenvalue weighted by atomic mass is 16.5. The summed E-state index contributed by atoms with van der Waals surface area (Å²) in [6.07, 6.45) is 6.99. The first-order chi connectivity index (χ1) is 18.3. The third-order valence-electron chi connectivity index (χ3n) is 7.91. The van der Waals surface area contributed by atoms with E-state index in [0.717, 1.165) is 32.1 Å². The number of benzene rings is 1. The Labute approximate surface area is 226 Å². The second kappa shape index (κ2) is 12.5. The third-order valence-corrected chi connectivity index (χ3v) is 7.91. The average Bonchev–Trinajstić information content (AvgIpc) is 2.93. The minimum Gasteiger partial charge on any atom is -0.465 e. The lowest BCUT2D eigenvalue weighted by Crippen LogP contribution is -2.64. The molecule has 1 unspecified atom stereocenters. The first-order valence-corrected chi connectivity index (χ1v) is 14.1. The minimum absolute atomic E-state index is 0.0285. The Morgan fingerprint density at radius 1 is 1.13 bits per heavy atom. The fraction of sp³-hybridized carbons (Fsp3) is 0.690. The molecule has 2 heterocycles.